The molecule has 0 bridgehead atoms. The highest BCUT2D eigenvalue weighted by atomic mass is 15.1. The molecule has 3 heterocycles. The molecule has 176 valence electrons. The fourth-order valence-corrected chi connectivity index (χ4v) is 6.41. The van der Waals surface area contributed by atoms with Crippen LogP contribution in [0.1, 0.15) is 0 Å². The number of nitrogens with zero attached hydrogens (tertiary/aromatic N) is 3. The number of aromatic nitrogens is 3. The monoisotopic (exact) mass is 483 g/mol. The minimum atomic E-state index is 0.997. The third-order valence-electron chi connectivity index (χ3n) is 8.04. The molecular formula is C35H21N3. The van der Waals surface area contributed by atoms with Crippen molar-refractivity contribution in [3.63, 3.8) is 0 Å². The number of rotatable bonds is 1. The third kappa shape index (κ3) is 2.50. The highest BCUT2D eigenvalue weighted by Gasteiger charge is 2.20. The van der Waals surface area contributed by atoms with Crippen molar-refractivity contribution in [3.8, 4) is 5.69 Å². The molecule has 3 heteroatoms. The first-order valence-corrected chi connectivity index (χ1v) is 13.0. The van der Waals surface area contributed by atoms with E-state index in [1.807, 2.05) is 0 Å². The van der Waals surface area contributed by atoms with E-state index < -0.39 is 0 Å². The zero-order chi connectivity index (χ0) is 24.8. The Morgan fingerprint density at radius 2 is 1.11 bits per heavy atom. The first kappa shape index (κ1) is 20.0. The fourth-order valence-electron chi connectivity index (χ4n) is 6.41. The van der Waals surface area contributed by atoms with Crippen LogP contribution >= 0.6 is 0 Å². The molecule has 0 amide bonds. The first-order chi connectivity index (χ1) is 18.9. The van der Waals surface area contributed by atoms with E-state index in [0.29, 0.717) is 0 Å². The summed E-state index contributed by atoms with van der Waals surface area (Å²) < 4.78 is 4.83. The van der Waals surface area contributed by atoms with E-state index in [4.69, 9.17) is 4.98 Å². The number of imidazole rings is 1. The zero-order valence-corrected chi connectivity index (χ0v) is 20.5. The molecule has 38 heavy (non-hydrogen) atoms. The maximum absolute atomic E-state index is 5.15. The van der Waals surface area contributed by atoms with Crippen LogP contribution in [0.2, 0.25) is 0 Å². The Hall–Kier alpha value is -5.15. The molecule has 0 N–H and O–H groups in total. The van der Waals surface area contributed by atoms with Crippen LogP contribution in [0.3, 0.4) is 0 Å². The largest absolute Gasteiger partial charge is 0.307 e. The lowest BCUT2D eigenvalue weighted by Gasteiger charge is -2.14. The van der Waals surface area contributed by atoms with Gasteiger partial charge in [0.1, 0.15) is 5.65 Å². The summed E-state index contributed by atoms with van der Waals surface area (Å²) in [4.78, 5) is 5.15. The van der Waals surface area contributed by atoms with Crippen LogP contribution < -0.4 is 0 Å². The zero-order valence-electron chi connectivity index (χ0n) is 20.5. The van der Waals surface area contributed by atoms with Crippen LogP contribution in [0, 0.1) is 0 Å². The lowest BCUT2D eigenvalue weighted by Crippen LogP contribution is -1.98. The number of hydrogen-bond acceptors (Lipinski definition) is 1. The Morgan fingerprint density at radius 3 is 1.97 bits per heavy atom. The summed E-state index contributed by atoms with van der Waals surface area (Å²) in [6.45, 7) is 0. The molecule has 0 aliphatic rings. The average molecular weight is 484 g/mol. The number of fused-ring (bicyclic) bond motifs is 13. The van der Waals surface area contributed by atoms with E-state index in [9.17, 15) is 0 Å². The number of pyridine rings is 1. The van der Waals surface area contributed by atoms with Gasteiger partial charge in [0.05, 0.1) is 27.6 Å². The molecule has 0 unspecified atom stereocenters. The van der Waals surface area contributed by atoms with E-state index in [2.05, 4.69) is 136 Å². The van der Waals surface area contributed by atoms with Gasteiger partial charge in [0.15, 0.2) is 0 Å². The van der Waals surface area contributed by atoms with Crippen LogP contribution in [0.25, 0.3) is 76.6 Å². The Kier molecular flexibility index (Phi) is 3.79. The normalized spacial score (nSPS) is 12.2. The highest BCUT2D eigenvalue weighted by molar-refractivity contribution is 6.24. The van der Waals surface area contributed by atoms with Gasteiger partial charge < -0.3 is 4.57 Å². The first-order valence-electron chi connectivity index (χ1n) is 13.0. The predicted octanol–water partition coefficient (Wildman–Crippen LogP) is 9.04. The van der Waals surface area contributed by atoms with E-state index in [0.717, 1.165) is 22.4 Å². The summed E-state index contributed by atoms with van der Waals surface area (Å²) in [5.41, 5.74) is 7.89. The lowest BCUT2D eigenvalue weighted by molar-refractivity contribution is 1.18. The smallest absolute Gasteiger partial charge is 0.146 e. The SMILES string of the molecule is c1ccc2cc(-n3c4ccccc4c4ccc5c6ccccc6c6nc7ccccc7n6c5c43)ccc2c1. The van der Waals surface area contributed by atoms with Crippen LogP contribution in [0.4, 0.5) is 0 Å². The molecule has 3 nitrogen and oxygen atoms in total. The maximum Gasteiger partial charge on any atom is 0.146 e. The van der Waals surface area contributed by atoms with Crippen molar-refractivity contribution in [2.24, 2.45) is 0 Å². The molecule has 3 aromatic heterocycles. The molecule has 9 aromatic rings. The van der Waals surface area contributed by atoms with Gasteiger partial charge in [-0.05, 0) is 46.5 Å². The van der Waals surface area contributed by atoms with Crippen LogP contribution in [-0.2, 0) is 0 Å². The molecule has 0 aliphatic heterocycles. The van der Waals surface area contributed by atoms with Crippen LogP contribution in [-0.4, -0.2) is 14.0 Å². The van der Waals surface area contributed by atoms with Gasteiger partial charge >= 0.3 is 0 Å². The van der Waals surface area contributed by atoms with Crippen molar-refractivity contribution in [1.82, 2.24) is 14.0 Å². The van der Waals surface area contributed by atoms with Gasteiger partial charge in [-0.3, -0.25) is 4.40 Å². The molecule has 0 spiro atoms. The predicted molar refractivity (Wildman–Crippen MR) is 160 cm³/mol. The molecule has 0 saturated heterocycles. The van der Waals surface area contributed by atoms with Crippen molar-refractivity contribution in [2.45, 2.75) is 0 Å². The summed E-state index contributed by atoms with van der Waals surface area (Å²) >= 11 is 0. The molecule has 0 radical (unpaired) electrons. The second kappa shape index (κ2) is 7.21. The Balaban J connectivity index is 1.61. The summed E-state index contributed by atoms with van der Waals surface area (Å²) in [5.74, 6) is 0. The van der Waals surface area contributed by atoms with E-state index in [1.54, 1.807) is 0 Å². The van der Waals surface area contributed by atoms with Crippen molar-refractivity contribution in [3.05, 3.63) is 127 Å². The summed E-state index contributed by atoms with van der Waals surface area (Å²) in [5, 5.41) is 8.61. The third-order valence-corrected chi connectivity index (χ3v) is 8.04. The Morgan fingerprint density at radius 1 is 0.447 bits per heavy atom. The van der Waals surface area contributed by atoms with Crippen molar-refractivity contribution < 1.29 is 0 Å². The summed E-state index contributed by atoms with van der Waals surface area (Å²) in [6.07, 6.45) is 0. The molecule has 0 atom stereocenters. The Labute approximate surface area is 217 Å². The molecule has 0 saturated carbocycles. The van der Waals surface area contributed by atoms with Gasteiger partial charge in [-0.1, -0.05) is 97.1 Å². The summed E-state index contributed by atoms with van der Waals surface area (Å²) in [6, 6.07) is 45.9. The molecule has 9 rings (SSSR count). The second-order valence-corrected chi connectivity index (χ2v) is 10.0. The second-order valence-electron chi connectivity index (χ2n) is 10.0. The van der Waals surface area contributed by atoms with Crippen molar-refractivity contribution in [1.29, 1.82) is 0 Å². The molecule has 6 aromatic carbocycles. The molecule has 0 aliphatic carbocycles. The van der Waals surface area contributed by atoms with Gasteiger partial charge in [0.25, 0.3) is 0 Å². The lowest BCUT2D eigenvalue weighted by atomic mass is 10.0. The van der Waals surface area contributed by atoms with Gasteiger partial charge in [-0.25, -0.2) is 4.98 Å². The minimum absolute atomic E-state index is 0.997. The number of hydrogen-bond donors (Lipinski definition) is 0. The van der Waals surface area contributed by atoms with Gasteiger partial charge in [-0.2, -0.15) is 0 Å². The standard InChI is InChI=1S/C35H21N3/c1-2-10-23-21-24(18-17-22(23)9-1)37-31-15-7-5-12-26(31)28-20-19-27-25-11-3-4-13-29(25)35-36-30-14-6-8-16-32(30)38(35)34(27)33(28)37/h1-21H. The quantitative estimate of drug-likeness (QED) is 0.214. The minimum Gasteiger partial charge on any atom is -0.307 e. The average Bonchev–Trinajstić information content (AvgIpc) is 3.53. The van der Waals surface area contributed by atoms with Crippen molar-refractivity contribution >= 4 is 70.9 Å². The maximum atomic E-state index is 5.15. The highest BCUT2D eigenvalue weighted by Crippen LogP contribution is 2.41. The van der Waals surface area contributed by atoms with Gasteiger partial charge in [0, 0.05) is 27.2 Å². The van der Waals surface area contributed by atoms with E-state index in [-0.39, 0.29) is 0 Å². The summed E-state index contributed by atoms with van der Waals surface area (Å²) in [7, 11) is 0. The topological polar surface area (TPSA) is 22.2 Å². The van der Waals surface area contributed by atoms with Gasteiger partial charge in [-0.15, -0.1) is 0 Å². The van der Waals surface area contributed by atoms with Crippen LogP contribution in [0.15, 0.2) is 127 Å². The number of para-hydroxylation sites is 3. The fraction of sp³-hybridized carbons (Fsp3) is 0. The van der Waals surface area contributed by atoms with Crippen molar-refractivity contribution in [2.75, 3.05) is 0 Å². The Bertz CT molecular complexity index is 2410. The van der Waals surface area contributed by atoms with Gasteiger partial charge in [0.2, 0.25) is 0 Å². The molecular weight excluding hydrogens is 462 g/mol. The number of benzene rings is 6. The van der Waals surface area contributed by atoms with Crippen LogP contribution in [0.5, 0.6) is 0 Å². The van der Waals surface area contributed by atoms with E-state index >= 15 is 0 Å². The molecule has 0 fully saturated rings. The van der Waals surface area contributed by atoms with E-state index in [1.165, 1.54) is 54.3 Å².